The molecule has 1 aliphatic heterocycles. The maximum Gasteiger partial charge on any atom is 0.129 e. The summed E-state index contributed by atoms with van der Waals surface area (Å²) >= 11 is 0. The van der Waals surface area contributed by atoms with Gasteiger partial charge in [0.1, 0.15) is 17.7 Å². The van der Waals surface area contributed by atoms with Crippen LogP contribution in [0.1, 0.15) is 24.2 Å². The molecule has 130 valence electrons. The summed E-state index contributed by atoms with van der Waals surface area (Å²) in [6, 6.07) is 8.42. The monoisotopic (exact) mass is 336 g/mol. The smallest absolute Gasteiger partial charge is 0.129 e. The second kappa shape index (κ2) is 6.84. The predicted octanol–water partition coefficient (Wildman–Crippen LogP) is 3.32. The van der Waals surface area contributed by atoms with E-state index in [4.69, 9.17) is 4.74 Å². The third-order valence-corrected chi connectivity index (χ3v) is 4.96. The molecule has 5 nitrogen and oxygen atoms in total. The van der Waals surface area contributed by atoms with Gasteiger partial charge in [0.15, 0.2) is 0 Å². The minimum Gasteiger partial charge on any atom is -0.490 e. The molecule has 0 radical (unpaired) electrons. The molecule has 1 fully saturated rings. The standard InChI is InChI=1S/C20H24N4O/c1-15-21-12-16(13-22-15)14-24-10-6-17(7-11-24)25-20-5-3-4-19-18(20)8-9-23(19)2/h3-5,8-9,12-13,17H,6-7,10-11,14H2,1-2H3. The number of ether oxygens (including phenoxy) is 1. The fourth-order valence-electron chi connectivity index (χ4n) is 3.50. The quantitative estimate of drug-likeness (QED) is 0.733. The zero-order chi connectivity index (χ0) is 17.2. The van der Waals surface area contributed by atoms with Crippen molar-refractivity contribution in [3.8, 4) is 5.75 Å². The van der Waals surface area contributed by atoms with Gasteiger partial charge in [0, 0.05) is 56.2 Å². The number of aromatic nitrogens is 3. The topological polar surface area (TPSA) is 43.2 Å². The summed E-state index contributed by atoms with van der Waals surface area (Å²) in [5.41, 5.74) is 2.40. The lowest BCUT2D eigenvalue weighted by Gasteiger charge is -2.32. The summed E-state index contributed by atoms with van der Waals surface area (Å²) in [7, 11) is 2.07. The average molecular weight is 336 g/mol. The Bertz CT molecular complexity index is 848. The number of aryl methyl sites for hydroxylation is 2. The van der Waals surface area contributed by atoms with Crippen LogP contribution >= 0.6 is 0 Å². The highest BCUT2D eigenvalue weighted by atomic mass is 16.5. The van der Waals surface area contributed by atoms with Crippen LogP contribution in [0.25, 0.3) is 10.9 Å². The van der Waals surface area contributed by atoms with Crippen molar-refractivity contribution in [2.45, 2.75) is 32.4 Å². The van der Waals surface area contributed by atoms with E-state index in [1.807, 2.05) is 19.3 Å². The zero-order valence-corrected chi connectivity index (χ0v) is 14.9. The molecule has 0 unspecified atom stereocenters. The Kier molecular flexibility index (Phi) is 4.40. The van der Waals surface area contributed by atoms with Gasteiger partial charge in [-0.3, -0.25) is 4.90 Å². The second-order valence-corrected chi connectivity index (χ2v) is 6.85. The van der Waals surface area contributed by atoms with E-state index in [2.05, 4.69) is 56.9 Å². The first-order valence-electron chi connectivity index (χ1n) is 8.89. The van der Waals surface area contributed by atoms with Crippen molar-refractivity contribution < 1.29 is 4.74 Å². The molecule has 1 aliphatic rings. The molecule has 0 aliphatic carbocycles. The lowest BCUT2D eigenvalue weighted by atomic mass is 10.1. The van der Waals surface area contributed by atoms with Crippen LogP contribution in [0.4, 0.5) is 0 Å². The van der Waals surface area contributed by atoms with Gasteiger partial charge in [-0.1, -0.05) is 6.07 Å². The van der Waals surface area contributed by atoms with Crippen LogP contribution < -0.4 is 4.74 Å². The number of likely N-dealkylation sites (tertiary alicyclic amines) is 1. The number of rotatable bonds is 4. The first-order chi connectivity index (χ1) is 12.2. The van der Waals surface area contributed by atoms with E-state index in [0.29, 0.717) is 0 Å². The van der Waals surface area contributed by atoms with E-state index >= 15 is 0 Å². The number of benzene rings is 1. The van der Waals surface area contributed by atoms with Crippen molar-refractivity contribution in [1.82, 2.24) is 19.4 Å². The summed E-state index contributed by atoms with van der Waals surface area (Å²) in [4.78, 5) is 11.0. The van der Waals surface area contributed by atoms with Gasteiger partial charge in [-0.15, -0.1) is 0 Å². The molecule has 5 heteroatoms. The SMILES string of the molecule is Cc1ncc(CN2CCC(Oc3cccc4c3ccn4C)CC2)cn1. The molecule has 0 saturated carbocycles. The van der Waals surface area contributed by atoms with E-state index in [1.165, 1.54) is 16.5 Å². The molecule has 2 aromatic heterocycles. The molecule has 0 atom stereocenters. The van der Waals surface area contributed by atoms with Gasteiger partial charge in [0.25, 0.3) is 0 Å². The van der Waals surface area contributed by atoms with Crippen LogP contribution in [0.5, 0.6) is 5.75 Å². The summed E-state index contributed by atoms with van der Waals surface area (Å²) in [5.74, 6) is 1.83. The maximum atomic E-state index is 6.33. The van der Waals surface area contributed by atoms with Crippen LogP contribution in [0, 0.1) is 6.92 Å². The molecular weight excluding hydrogens is 312 g/mol. The molecular formula is C20H24N4O. The summed E-state index contributed by atoms with van der Waals surface area (Å²) in [6.07, 6.45) is 8.34. The summed E-state index contributed by atoms with van der Waals surface area (Å²) in [6.45, 7) is 4.92. The Morgan fingerprint density at radius 1 is 1.12 bits per heavy atom. The Hall–Kier alpha value is -2.40. The number of hydrogen-bond acceptors (Lipinski definition) is 4. The highest BCUT2D eigenvalue weighted by Crippen LogP contribution is 2.28. The predicted molar refractivity (Wildman–Crippen MR) is 98.6 cm³/mol. The van der Waals surface area contributed by atoms with Gasteiger partial charge in [0.2, 0.25) is 0 Å². The number of piperidine rings is 1. The fraction of sp³-hybridized carbons (Fsp3) is 0.400. The van der Waals surface area contributed by atoms with Crippen LogP contribution in [0.15, 0.2) is 42.9 Å². The van der Waals surface area contributed by atoms with Gasteiger partial charge in [-0.25, -0.2) is 9.97 Å². The maximum absolute atomic E-state index is 6.33. The van der Waals surface area contributed by atoms with E-state index in [1.54, 1.807) is 0 Å². The molecule has 4 rings (SSSR count). The first-order valence-corrected chi connectivity index (χ1v) is 8.89. The number of fused-ring (bicyclic) bond motifs is 1. The third kappa shape index (κ3) is 3.51. The Labute approximate surface area is 148 Å². The van der Waals surface area contributed by atoms with Crippen LogP contribution in [0.2, 0.25) is 0 Å². The van der Waals surface area contributed by atoms with Crippen LogP contribution in [0.3, 0.4) is 0 Å². The van der Waals surface area contributed by atoms with Gasteiger partial charge in [0.05, 0.1) is 5.52 Å². The Balaban J connectivity index is 1.36. The van der Waals surface area contributed by atoms with Gasteiger partial charge >= 0.3 is 0 Å². The third-order valence-electron chi connectivity index (χ3n) is 4.96. The van der Waals surface area contributed by atoms with Crippen molar-refractivity contribution >= 4 is 10.9 Å². The molecule has 25 heavy (non-hydrogen) atoms. The van der Waals surface area contributed by atoms with Gasteiger partial charge < -0.3 is 9.30 Å². The number of nitrogens with zero attached hydrogens (tertiary/aromatic N) is 4. The summed E-state index contributed by atoms with van der Waals surface area (Å²) in [5, 5.41) is 1.20. The molecule has 0 bridgehead atoms. The van der Waals surface area contributed by atoms with Crippen LogP contribution in [-0.4, -0.2) is 38.6 Å². The van der Waals surface area contributed by atoms with Crippen molar-refractivity contribution in [2.24, 2.45) is 7.05 Å². The zero-order valence-electron chi connectivity index (χ0n) is 14.9. The summed E-state index contributed by atoms with van der Waals surface area (Å²) < 4.78 is 8.46. The Morgan fingerprint density at radius 2 is 1.88 bits per heavy atom. The van der Waals surface area contributed by atoms with E-state index in [0.717, 1.165) is 44.0 Å². The lowest BCUT2D eigenvalue weighted by Crippen LogP contribution is -2.37. The highest BCUT2D eigenvalue weighted by molar-refractivity contribution is 5.86. The first kappa shape index (κ1) is 16.1. The van der Waals surface area contributed by atoms with E-state index in [9.17, 15) is 0 Å². The number of hydrogen-bond donors (Lipinski definition) is 0. The second-order valence-electron chi connectivity index (χ2n) is 6.85. The lowest BCUT2D eigenvalue weighted by molar-refractivity contribution is 0.0978. The normalized spacial score (nSPS) is 16.4. The van der Waals surface area contributed by atoms with E-state index < -0.39 is 0 Å². The van der Waals surface area contributed by atoms with Gasteiger partial charge in [-0.05, 0) is 38.0 Å². The molecule has 0 N–H and O–H groups in total. The molecule has 0 spiro atoms. The fourth-order valence-corrected chi connectivity index (χ4v) is 3.50. The van der Waals surface area contributed by atoms with Crippen molar-refractivity contribution in [3.63, 3.8) is 0 Å². The molecule has 3 aromatic rings. The van der Waals surface area contributed by atoms with Crippen molar-refractivity contribution in [2.75, 3.05) is 13.1 Å². The van der Waals surface area contributed by atoms with Crippen LogP contribution in [-0.2, 0) is 13.6 Å². The highest BCUT2D eigenvalue weighted by Gasteiger charge is 2.21. The minimum atomic E-state index is 0.288. The van der Waals surface area contributed by atoms with E-state index in [-0.39, 0.29) is 6.10 Å². The largest absolute Gasteiger partial charge is 0.490 e. The average Bonchev–Trinajstić information content (AvgIpc) is 3.01. The molecule has 0 amide bonds. The molecule has 3 heterocycles. The van der Waals surface area contributed by atoms with Crippen molar-refractivity contribution in [3.05, 3.63) is 54.2 Å². The molecule has 1 saturated heterocycles. The van der Waals surface area contributed by atoms with Crippen molar-refractivity contribution in [1.29, 1.82) is 0 Å². The Morgan fingerprint density at radius 3 is 2.64 bits per heavy atom. The van der Waals surface area contributed by atoms with Gasteiger partial charge in [-0.2, -0.15) is 0 Å². The molecule has 1 aromatic carbocycles. The minimum absolute atomic E-state index is 0.288.